The zero-order valence-electron chi connectivity index (χ0n) is 28.3. The van der Waals surface area contributed by atoms with Crippen LogP contribution in [0.5, 0.6) is 11.5 Å². The maximum absolute atomic E-state index is 12.5. The number of aryl methyl sites for hydroxylation is 1. The van der Waals surface area contributed by atoms with Crippen molar-refractivity contribution in [3.8, 4) is 11.5 Å². The maximum atomic E-state index is 12.5. The Hall–Kier alpha value is -3.34. The molecule has 2 saturated carbocycles. The van der Waals surface area contributed by atoms with Crippen LogP contribution in [0.25, 0.3) is 0 Å². The lowest BCUT2D eigenvalue weighted by Crippen LogP contribution is -3.07. The first-order valence-electron chi connectivity index (χ1n) is 17.9. The van der Waals surface area contributed by atoms with Crippen LogP contribution < -0.4 is 21.1 Å². The zero-order valence-corrected chi connectivity index (χ0v) is 28.3. The Bertz CT molecular complexity index is 1580. The van der Waals surface area contributed by atoms with Crippen LogP contribution in [0, 0.1) is 5.41 Å². The monoisotopic (exact) mass is 657 g/mol. The van der Waals surface area contributed by atoms with Gasteiger partial charge in [0, 0.05) is 30.0 Å². The van der Waals surface area contributed by atoms with Gasteiger partial charge in [0.15, 0.2) is 11.5 Å². The number of Topliss-reactive ketones (excluding diaryl/α,β-unsaturated/α-hetero) is 1. The van der Waals surface area contributed by atoms with Crippen molar-refractivity contribution >= 4 is 12.0 Å². The number of nitrogens with zero attached hydrogens (tertiary/aromatic N) is 1. The number of aliphatic hydroxyl groups is 2. The number of rotatable bonds is 15. The molecule has 2 fully saturated rings. The van der Waals surface area contributed by atoms with Crippen molar-refractivity contribution in [2.45, 2.75) is 114 Å². The van der Waals surface area contributed by atoms with Crippen LogP contribution in [-0.2, 0) is 16.6 Å². The lowest BCUT2D eigenvalue weighted by atomic mass is 9.68. The molecule has 2 aromatic carbocycles. The molecule has 4 unspecified atom stereocenters. The summed E-state index contributed by atoms with van der Waals surface area (Å²) in [7, 11) is 0. The number of nitrogens with two attached hydrogens (primary N) is 2. The van der Waals surface area contributed by atoms with Crippen LogP contribution in [-0.4, -0.2) is 52.8 Å². The zero-order chi connectivity index (χ0) is 33.9. The molecule has 9 nitrogen and oxygen atoms in total. The molecule has 2 aliphatic carbocycles. The fraction of sp³-hybridized carbons (Fsp3) is 0.538. The molecular weight excluding hydrogens is 604 g/mol. The Balaban J connectivity index is 1.12. The molecule has 4 atom stereocenters. The number of allylic oxidation sites excluding steroid dienone is 1. The second-order valence-electron chi connectivity index (χ2n) is 14.8. The number of aliphatic hydroxyl groups excluding tert-OH is 2. The van der Waals surface area contributed by atoms with E-state index in [0.717, 1.165) is 47.5 Å². The Morgan fingerprint density at radius 2 is 1.88 bits per heavy atom. The molecule has 1 spiro atoms. The van der Waals surface area contributed by atoms with Crippen LogP contribution in [0.3, 0.4) is 0 Å². The lowest BCUT2D eigenvalue weighted by Gasteiger charge is -2.34. The second kappa shape index (κ2) is 14.6. The Kier molecular flexibility index (Phi) is 10.5. The van der Waals surface area contributed by atoms with Crippen molar-refractivity contribution in [2.75, 3.05) is 13.3 Å². The van der Waals surface area contributed by atoms with Crippen molar-refractivity contribution in [2.24, 2.45) is 21.9 Å². The van der Waals surface area contributed by atoms with Crippen LogP contribution in [0.1, 0.15) is 107 Å². The highest BCUT2D eigenvalue weighted by Crippen LogP contribution is 2.61. The number of carbonyl (C=O) groups is 1. The van der Waals surface area contributed by atoms with Crippen molar-refractivity contribution in [1.29, 1.82) is 0 Å². The highest BCUT2D eigenvalue weighted by atomic mass is 16.5. The lowest BCUT2D eigenvalue weighted by molar-refractivity contribution is -0.855. The number of aromatic hydroxyl groups is 1. The van der Waals surface area contributed by atoms with Crippen LogP contribution >= 0.6 is 0 Å². The number of aliphatic imine (C=N–C) groups is 1. The fourth-order valence-corrected chi connectivity index (χ4v) is 8.73. The summed E-state index contributed by atoms with van der Waals surface area (Å²) in [6, 6.07) is 13.8. The van der Waals surface area contributed by atoms with E-state index in [9.17, 15) is 20.1 Å². The molecule has 0 bridgehead atoms. The molecule has 2 heterocycles. The standard InChI is InChI=1S/C39H52N4O5/c1-2-6-29(44)19-31(46)20-30(45)11-9-26-10-12-35(47)36(17-26)48-25-43-22-32-33(21-42-34(32)23-43)39(16-15-38(24-39)13-3-4-14-38)28-8-5-7-27(18-28)37(40)41/h5,7-8,10,12,17-18,21,23,29,31,37,44,46-47H,2-4,6,9,11,13-16,19-20,22,24-25,40-41H2,1H3/p+1. The first kappa shape index (κ1) is 34.5. The summed E-state index contributed by atoms with van der Waals surface area (Å²) in [4.78, 5) is 18.5. The molecule has 0 aromatic heterocycles. The molecule has 48 heavy (non-hydrogen) atoms. The van der Waals surface area contributed by atoms with E-state index in [1.165, 1.54) is 48.8 Å². The van der Waals surface area contributed by atoms with E-state index in [1.54, 1.807) is 18.2 Å². The van der Waals surface area contributed by atoms with Crippen LogP contribution in [0.4, 0.5) is 0 Å². The summed E-state index contributed by atoms with van der Waals surface area (Å²) in [6.45, 7) is 3.05. The average molecular weight is 658 g/mol. The molecule has 6 rings (SSSR count). The number of hydrogen-bond donors (Lipinski definition) is 6. The SMILES string of the molecule is CCCC(O)CC(O)CC(=O)CCc1ccc(O)c(OC[NH+]2C=C3N=CC(C4(c5cccc(C(N)N)c5)CCC5(CCCC5)C4)=C3C2)c1. The Morgan fingerprint density at radius 3 is 2.65 bits per heavy atom. The van der Waals surface area contributed by atoms with Crippen molar-refractivity contribution in [1.82, 2.24) is 0 Å². The molecule has 2 aromatic rings. The molecule has 0 amide bonds. The summed E-state index contributed by atoms with van der Waals surface area (Å²) in [6.07, 6.45) is 13.4. The van der Waals surface area contributed by atoms with Crippen molar-refractivity contribution in [3.63, 3.8) is 0 Å². The number of hydrogen-bond acceptors (Lipinski definition) is 8. The number of ketones is 1. The molecule has 0 radical (unpaired) electrons. The van der Waals surface area contributed by atoms with Gasteiger partial charge in [0.05, 0.1) is 18.4 Å². The largest absolute Gasteiger partial charge is 0.504 e. The van der Waals surface area contributed by atoms with E-state index in [2.05, 4.69) is 30.6 Å². The summed E-state index contributed by atoms with van der Waals surface area (Å²) in [5, 5.41) is 30.7. The summed E-state index contributed by atoms with van der Waals surface area (Å²) >= 11 is 0. The first-order valence-corrected chi connectivity index (χ1v) is 17.9. The summed E-state index contributed by atoms with van der Waals surface area (Å²) < 4.78 is 6.17. The highest BCUT2D eigenvalue weighted by molar-refractivity contribution is 5.90. The molecule has 4 aliphatic rings. The smallest absolute Gasteiger partial charge is 0.227 e. The van der Waals surface area contributed by atoms with Gasteiger partial charge in [-0.2, -0.15) is 0 Å². The number of carbonyl (C=O) groups excluding carboxylic acids is 1. The Labute approximate surface area is 284 Å². The minimum atomic E-state index is -0.837. The van der Waals surface area contributed by atoms with Gasteiger partial charge in [-0.1, -0.05) is 56.5 Å². The number of nitrogens with one attached hydrogen (secondary N) is 1. The van der Waals surface area contributed by atoms with Gasteiger partial charge in [-0.15, -0.1) is 0 Å². The van der Waals surface area contributed by atoms with Crippen molar-refractivity contribution < 1.29 is 29.8 Å². The number of quaternary nitrogens is 1. The molecule has 258 valence electrons. The van der Waals surface area contributed by atoms with Crippen LogP contribution in [0.2, 0.25) is 0 Å². The van der Waals surface area contributed by atoms with E-state index in [-0.39, 0.29) is 36.2 Å². The maximum Gasteiger partial charge on any atom is 0.227 e. The fourth-order valence-electron chi connectivity index (χ4n) is 8.73. The molecule has 9 heteroatoms. The third kappa shape index (κ3) is 7.45. The van der Waals surface area contributed by atoms with E-state index < -0.39 is 18.4 Å². The second-order valence-corrected chi connectivity index (χ2v) is 14.8. The predicted octanol–water partition coefficient (Wildman–Crippen LogP) is 4.25. The quantitative estimate of drug-likeness (QED) is 0.157. The third-order valence-corrected chi connectivity index (χ3v) is 11.2. The number of phenolic OH excluding ortho intramolecular Hbond substituents is 1. The van der Waals surface area contributed by atoms with Gasteiger partial charge >= 0.3 is 0 Å². The van der Waals surface area contributed by atoms with E-state index in [0.29, 0.717) is 30.7 Å². The average Bonchev–Trinajstić information content (AvgIpc) is 3.85. The van der Waals surface area contributed by atoms with E-state index in [4.69, 9.17) is 21.2 Å². The third-order valence-electron chi connectivity index (χ3n) is 11.2. The minimum absolute atomic E-state index is 0.0315. The number of phenols is 1. The van der Waals surface area contributed by atoms with Gasteiger partial charge in [0.25, 0.3) is 0 Å². The minimum Gasteiger partial charge on any atom is -0.504 e. The number of fused-ring (bicyclic) bond motifs is 1. The van der Waals surface area contributed by atoms with Gasteiger partial charge < -0.3 is 31.5 Å². The molecular formula is C39H53N4O5+. The first-order chi connectivity index (χ1) is 23.1. The normalized spacial score (nSPS) is 24.0. The number of benzene rings is 2. The predicted molar refractivity (Wildman–Crippen MR) is 187 cm³/mol. The van der Waals surface area contributed by atoms with Gasteiger partial charge in [-0.25, -0.2) is 0 Å². The summed E-state index contributed by atoms with van der Waals surface area (Å²) in [5.41, 5.74) is 19.2. The number of ether oxygens (including phenoxy) is 1. The van der Waals surface area contributed by atoms with Crippen molar-refractivity contribution in [3.05, 3.63) is 82.2 Å². The van der Waals surface area contributed by atoms with Crippen LogP contribution in [0.15, 0.2) is 70.5 Å². The Morgan fingerprint density at radius 1 is 1.06 bits per heavy atom. The molecule has 0 saturated heterocycles. The van der Waals surface area contributed by atoms with Gasteiger partial charge in [0.2, 0.25) is 6.73 Å². The van der Waals surface area contributed by atoms with Gasteiger partial charge in [0.1, 0.15) is 24.2 Å². The van der Waals surface area contributed by atoms with E-state index in [1.807, 2.05) is 13.0 Å². The van der Waals surface area contributed by atoms with E-state index >= 15 is 0 Å². The topological polar surface area (TPSA) is 156 Å². The summed E-state index contributed by atoms with van der Waals surface area (Å²) in [5.74, 6) is 0.385. The van der Waals surface area contributed by atoms with Gasteiger partial charge in [-0.3, -0.25) is 14.7 Å². The van der Waals surface area contributed by atoms with Gasteiger partial charge in [-0.05, 0) is 91.2 Å². The molecule has 8 N–H and O–H groups in total. The highest BCUT2D eigenvalue weighted by Gasteiger charge is 2.53. The molecule has 2 aliphatic heterocycles.